The first-order valence-electron chi connectivity index (χ1n) is 7.34. The van der Waals surface area contributed by atoms with Crippen LogP contribution in [0.4, 0.5) is 8.78 Å². The van der Waals surface area contributed by atoms with Gasteiger partial charge in [-0.25, -0.2) is 8.78 Å². The van der Waals surface area contributed by atoms with Crippen LogP contribution in [-0.2, 0) is 11.2 Å². The minimum Gasteiger partial charge on any atom is -0.361 e. The van der Waals surface area contributed by atoms with Crippen molar-refractivity contribution in [1.82, 2.24) is 10.3 Å². The van der Waals surface area contributed by atoms with Crippen molar-refractivity contribution in [3.63, 3.8) is 0 Å². The number of benzene rings is 2. The molecule has 2 aromatic carbocycles. The third kappa shape index (κ3) is 3.23. The highest BCUT2D eigenvalue weighted by Crippen LogP contribution is 2.20. The van der Waals surface area contributed by atoms with Crippen molar-refractivity contribution in [2.24, 2.45) is 0 Å². The molecule has 2 N–H and O–H groups in total. The summed E-state index contributed by atoms with van der Waals surface area (Å²) in [6.45, 7) is 1.67. The molecular formula is C18H16F2N2O. The molecule has 1 heterocycles. The van der Waals surface area contributed by atoms with Gasteiger partial charge in [0, 0.05) is 28.7 Å². The SMILES string of the molecule is C[C@@H](NC(=O)Cc1c[nH]c2ccccc12)c1ccc(F)cc1F. The quantitative estimate of drug-likeness (QED) is 0.754. The first-order valence-corrected chi connectivity index (χ1v) is 7.34. The molecular weight excluding hydrogens is 298 g/mol. The number of H-pyrrole nitrogens is 1. The van der Waals surface area contributed by atoms with Crippen molar-refractivity contribution in [2.45, 2.75) is 19.4 Å². The number of carbonyl (C=O) groups excluding carboxylic acids is 1. The second kappa shape index (κ2) is 6.20. The molecule has 0 bridgehead atoms. The van der Waals surface area contributed by atoms with Crippen LogP contribution in [0.25, 0.3) is 10.9 Å². The second-order valence-electron chi connectivity index (χ2n) is 5.49. The summed E-state index contributed by atoms with van der Waals surface area (Å²) in [5.74, 6) is -1.51. The predicted octanol–water partition coefficient (Wildman–Crippen LogP) is 3.87. The van der Waals surface area contributed by atoms with E-state index in [1.165, 1.54) is 12.1 Å². The zero-order valence-corrected chi connectivity index (χ0v) is 12.6. The summed E-state index contributed by atoms with van der Waals surface area (Å²) in [6.07, 6.45) is 1.99. The molecule has 118 valence electrons. The highest BCUT2D eigenvalue weighted by Gasteiger charge is 2.15. The average Bonchev–Trinajstić information content (AvgIpc) is 2.90. The number of rotatable bonds is 4. The minimum absolute atomic E-state index is 0.192. The summed E-state index contributed by atoms with van der Waals surface area (Å²) >= 11 is 0. The van der Waals surface area contributed by atoms with Gasteiger partial charge in [-0.05, 0) is 24.6 Å². The molecule has 0 saturated carbocycles. The Balaban J connectivity index is 1.71. The number of hydrogen-bond acceptors (Lipinski definition) is 1. The third-order valence-electron chi connectivity index (χ3n) is 3.83. The normalized spacial score (nSPS) is 12.3. The Morgan fingerprint density at radius 3 is 2.78 bits per heavy atom. The lowest BCUT2D eigenvalue weighted by molar-refractivity contribution is -0.121. The number of hydrogen-bond donors (Lipinski definition) is 2. The smallest absolute Gasteiger partial charge is 0.224 e. The molecule has 0 saturated heterocycles. The summed E-state index contributed by atoms with van der Waals surface area (Å²) in [4.78, 5) is 15.3. The van der Waals surface area contributed by atoms with Crippen LogP contribution in [0, 0.1) is 11.6 Å². The fraction of sp³-hybridized carbons (Fsp3) is 0.167. The van der Waals surface area contributed by atoms with E-state index in [1.807, 2.05) is 24.3 Å². The van der Waals surface area contributed by atoms with Crippen LogP contribution in [0.15, 0.2) is 48.7 Å². The number of halogens is 2. The van der Waals surface area contributed by atoms with E-state index in [2.05, 4.69) is 10.3 Å². The molecule has 3 aromatic rings. The Labute approximate surface area is 132 Å². The Hall–Kier alpha value is -2.69. The Morgan fingerprint density at radius 2 is 2.00 bits per heavy atom. The summed E-state index contributed by atoms with van der Waals surface area (Å²) < 4.78 is 26.7. The zero-order chi connectivity index (χ0) is 16.4. The maximum atomic E-state index is 13.7. The van der Waals surface area contributed by atoms with Gasteiger partial charge in [0.15, 0.2) is 0 Å². The Bertz CT molecular complexity index is 857. The number of fused-ring (bicyclic) bond motifs is 1. The van der Waals surface area contributed by atoms with Gasteiger partial charge in [-0.15, -0.1) is 0 Å². The first kappa shape index (κ1) is 15.2. The van der Waals surface area contributed by atoms with Crippen molar-refractivity contribution in [3.05, 3.63) is 71.4 Å². The summed E-state index contributed by atoms with van der Waals surface area (Å²) in [7, 11) is 0. The van der Waals surface area contributed by atoms with Crippen molar-refractivity contribution in [3.8, 4) is 0 Å². The van der Waals surface area contributed by atoms with E-state index in [-0.39, 0.29) is 17.9 Å². The molecule has 1 atom stereocenters. The number of nitrogens with one attached hydrogen (secondary N) is 2. The highest BCUT2D eigenvalue weighted by atomic mass is 19.1. The maximum absolute atomic E-state index is 13.7. The molecule has 0 aliphatic carbocycles. The summed E-state index contributed by atoms with van der Waals surface area (Å²) in [5.41, 5.74) is 2.11. The van der Waals surface area contributed by atoms with Crippen molar-refractivity contribution < 1.29 is 13.6 Å². The van der Waals surface area contributed by atoms with Crippen LogP contribution in [-0.4, -0.2) is 10.9 Å². The summed E-state index contributed by atoms with van der Waals surface area (Å²) in [5, 5.41) is 3.73. The molecule has 1 aromatic heterocycles. The molecule has 0 radical (unpaired) electrons. The number of carbonyl (C=O) groups is 1. The van der Waals surface area contributed by atoms with Crippen molar-refractivity contribution in [2.75, 3.05) is 0 Å². The molecule has 0 aliphatic heterocycles. The van der Waals surface area contributed by atoms with Crippen LogP contribution in [0.5, 0.6) is 0 Å². The van der Waals surface area contributed by atoms with E-state index >= 15 is 0 Å². The lowest BCUT2D eigenvalue weighted by Gasteiger charge is -2.15. The molecule has 3 nitrogen and oxygen atoms in total. The fourth-order valence-electron chi connectivity index (χ4n) is 2.67. The number of amides is 1. The lowest BCUT2D eigenvalue weighted by Crippen LogP contribution is -2.28. The van der Waals surface area contributed by atoms with Crippen molar-refractivity contribution in [1.29, 1.82) is 0 Å². The van der Waals surface area contributed by atoms with Gasteiger partial charge in [0.25, 0.3) is 0 Å². The third-order valence-corrected chi connectivity index (χ3v) is 3.83. The van der Waals surface area contributed by atoms with Gasteiger partial charge in [0.05, 0.1) is 12.5 Å². The highest BCUT2D eigenvalue weighted by molar-refractivity contribution is 5.88. The lowest BCUT2D eigenvalue weighted by atomic mass is 10.1. The molecule has 0 fully saturated rings. The topological polar surface area (TPSA) is 44.9 Å². The average molecular weight is 314 g/mol. The zero-order valence-electron chi connectivity index (χ0n) is 12.6. The van der Waals surface area contributed by atoms with E-state index in [4.69, 9.17) is 0 Å². The minimum atomic E-state index is -0.662. The Morgan fingerprint density at radius 1 is 1.22 bits per heavy atom. The van der Waals surface area contributed by atoms with Crippen molar-refractivity contribution >= 4 is 16.8 Å². The number of aromatic nitrogens is 1. The van der Waals surface area contributed by atoms with E-state index in [9.17, 15) is 13.6 Å². The largest absolute Gasteiger partial charge is 0.361 e. The summed E-state index contributed by atoms with van der Waals surface area (Å²) in [6, 6.07) is 10.5. The molecule has 0 aliphatic rings. The number of para-hydroxylation sites is 1. The van der Waals surface area contributed by atoms with Crippen LogP contribution in [0.3, 0.4) is 0 Å². The first-order chi connectivity index (χ1) is 11.0. The van der Waals surface area contributed by atoms with Gasteiger partial charge in [-0.3, -0.25) is 4.79 Å². The molecule has 5 heteroatoms. The predicted molar refractivity (Wildman–Crippen MR) is 84.9 cm³/mol. The monoisotopic (exact) mass is 314 g/mol. The Kier molecular flexibility index (Phi) is 4.10. The molecule has 0 spiro atoms. The van der Waals surface area contributed by atoms with Crippen LogP contribution in [0.1, 0.15) is 24.1 Å². The van der Waals surface area contributed by atoms with E-state index in [1.54, 1.807) is 13.1 Å². The maximum Gasteiger partial charge on any atom is 0.224 e. The molecule has 1 amide bonds. The van der Waals surface area contributed by atoms with E-state index in [0.29, 0.717) is 0 Å². The van der Waals surface area contributed by atoms with Gasteiger partial charge in [-0.1, -0.05) is 24.3 Å². The number of aromatic amines is 1. The van der Waals surface area contributed by atoms with Crippen LogP contribution in [0.2, 0.25) is 0 Å². The second-order valence-corrected chi connectivity index (χ2v) is 5.49. The van der Waals surface area contributed by atoms with Gasteiger partial charge in [0.2, 0.25) is 5.91 Å². The van der Waals surface area contributed by atoms with Gasteiger partial charge >= 0.3 is 0 Å². The van der Waals surface area contributed by atoms with Gasteiger partial charge < -0.3 is 10.3 Å². The van der Waals surface area contributed by atoms with Gasteiger partial charge in [-0.2, -0.15) is 0 Å². The molecule has 3 rings (SSSR count). The molecule has 23 heavy (non-hydrogen) atoms. The fourth-order valence-corrected chi connectivity index (χ4v) is 2.67. The molecule has 0 unspecified atom stereocenters. The van der Waals surface area contributed by atoms with Crippen LogP contribution < -0.4 is 5.32 Å². The van der Waals surface area contributed by atoms with Crippen LogP contribution >= 0.6 is 0 Å². The standard InChI is InChI=1S/C18H16F2N2O/c1-11(14-7-6-13(19)9-16(14)20)22-18(23)8-12-10-21-17-5-3-2-4-15(12)17/h2-7,9-11,21H,8H2,1H3,(H,22,23)/t11-/m1/s1. The van der Waals surface area contributed by atoms with E-state index in [0.717, 1.165) is 22.5 Å². The van der Waals surface area contributed by atoms with Gasteiger partial charge in [0.1, 0.15) is 11.6 Å². The van der Waals surface area contributed by atoms with E-state index < -0.39 is 17.7 Å².